The smallest absolute Gasteiger partial charge is 0.239 e. The van der Waals surface area contributed by atoms with Crippen molar-refractivity contribution in [2.45, 2.75) is 20.3 Å². The first kappa shape index (κ1) is 16.2. The number of carbonyl (C=O) groups is 2. The van der Waals surface area contributed by atoms with E-state index in [4.69, 9.17) is 0 Å². The number of hydrogen-bond acceptors (Lipinski definition) is 3. The van der Waals surface area contributed by atoms with Gasteiger partial charge in [-0.05, 0) is 12.3 Å². The number of hydrogen-bond donors (Lipinski definition) is 3. The minimum Gasteiger partial charge on any atom is -0.380 e. The summed E-state index contributed by atoms with van der Waals surface area (Å²) in [4.78, 5) is 21.5. The van der Waals surface area contributed by atoms with Gasteiger partial charge < -0.3 is 16.0 Å². The van der Waals surface area contributed by atoms with Gasteiger partial charge in [0, 0.05) is 18.8 Å². The van der Waals surface area contributed by atoms with Crippen LogP contribution in [0.5, 0.6) is 0 Å². The Kier molecular flexibility index (Phi) is 8.35. The molecule has 0 unspecified atom stereocenters. The van der Waals surface area contributed by atoms with Gasteiger partial charge in [-0.15, -0.1) is 0 Å². The number of amides is 2. The normalized spacial score (nSPS) is 9.72. The highest BCUT2D eigenvalue weighted by atomic mass is 16.2. The van der Waals surface area contributed by atoms with Crippen molar-refractivity contribution < 1.29 is 9.59 Å². The zero-order valence-corrected chi connectivity index (χ0v) is 11.2. The van der Waals surface area contributed by atoms with E-state index >= 15 is 0 Å². The molecular formula is C13H23N3O2. The molecular weight excluding hydrogens is 230 g/mol. The van der Waals surface area contributed by atoms with Crippen molar-refractivity contribution in [1.82, 2.24) is 16.0 Å². The van der Waals surface area contributed by atoms with Gasteiger partial charge in [0.25, 0.3) is 0 Å². The van der Waals surface area contributed by atoms with Crippen LogP contribution in [0.3, 0.4) is 0 Å². The predicted octanol–water partition coefficient (Wildman–Crippen LogP) is 0.554. The van der Waals surface area contributed by atoms with Crippen LogP contribution < -0.4 is 16.0 Å². The van der Waals surface area contributed by atoms with Crippen LogP contribution in [-0.2, 0) is 9.59 Å². The summed E-state index contributed by atoms with van der Waals surface area (Å²) in [7, 11) is 0. The third-order valence-corrected chi connectivity index (χ3v) is 2.41. The van der Waals surface area contributed by atoms with Crippen molar-refractivity contribution in [3.05, 3.63) is 24.4 Å². The predicted molar refractivity (Wildman–Crippen MR) is 72.8 cm³/mol. The molecule has 2 amide bonds. The molecule has 0 aromatic heterocycles. The van der Waals surface area contributed by atoms with Gasteiger partial charge in [0.15, 0.2) is 0 Å². The topological polar surface area (TPSA) is 70.2 Å². The largest absolute Gasteiger partial charge is 0.380 e. The lowest BCUT2D eigenvalue weighted by atomic mass is 10.1. The van der Waals surface area contributed by atoms with Crippen LogP contribution in [0.1, 0.15) is 20.3 Å². The Balaban J connectivity index is 3.67. The Labute approximate surface area is 109 Å². The molecule has 18 heavy (non-hydrogen) atoms. The molecule has 0 bridgehead atoms. The van der Waals surface area contributed by atoms with Crippen molar-refractivity contribution in [3.8, 4) is 0 Å². The number of rotatable bonds is 10. The zero-order valence-electron chi connectivity index (χ0n) is 11.2. The molecule has 0 saturated carbocycles. The third kappa shape index (κ3) is 8.38. The summed E-state index contributed by atoms with van der Waals surface area (Å²) in [6, 6.07) is 0. The van der Waals surface area contributed by atoms with Crippen molar-refractivity contribution in [2.75, 3.05) is 19.6 Å². The Morgan fingerprint density at radius 1 is 1.22 bits per heavy atom. The highest BCUT2D eigenvalue weighted by Gasteiger charge is 2.04. The van der Waals surface area contributed by atoms with Gasteiger partial charge in [0.1, 0.15) is 0 Å². The second-order valence-electron chi connectivity index (χ2n) is 4.38. The fourth-order valence-electron chi connectivity index (χ4n) is 1.08. The molecule has 102 valence electrons. The van der Waals surface area contributed by atoms with Gasteiger partial charge in [0.05, 0.1) is 6.54 Å². The van der Waals surface area contributed by atoms with Crippen LogP contribution in [0.25, 0.3) is 0 Å². The minimum atomic E-state index is -0.0960. The quantitative estimate of drug-likeness (QED) is 0.302. The monoisotopic (exact) mass is 253 g/mol. The maximum Gasteiger partial charge on any atom is 0.239 e. The lowest BCUT2D eigenvalue weighted by molar-refractivity contribution is -0.120. The average Bonchev–Trinajstić information content (AvgIpc) is 2.33. The van der Waals surface area contributed by atoms with Crippen molar-refractivity contribution >= 4 is 12.3 Å². The zero-order chi connectivity index (χ0) is 14.0. The summed E-state index contributed by atoms with van der Waals surface area (Å²) in [6.45, 7) is 12.8. The minimum absolute atomic E-state index is 0.0960. The Bertz CT molecular complexity index is 311. The van der Waals surface area contributed by atoms with Gasteiger partial charge in [-0.3, -0.25) is 9.59 Å². The van der Waals surface area contributed by atoms with Crippen LogP contribution in [0.4, 0.5) is 0 Å². The lowest BCUT2D eigenvalue weighted by Crippen LogP contribution is -2.35. The lowest BCUT2D eigenvalue weighted by Gasteiger charge is -2.13. The molecule has 0 spiro atoms. The summed E-state index contributed by atoms with van der Waals surface area (Å²) in [5, 5.41) is 8.25. The van der Waals surface area contributed by atoms with Gasteiger partial charge in [0.2, 0.25) is 12.3 Å². The van der Waals surface area contributed by atoms with Crippen molar-refractivity contribution in [3.63, 3.8) is 0 Å². The molecule has 0 aromatic carbocycles. The first-order valence-corrected chi connectivity index (χ1v) is 6.00. The van der Waals surface area contributed by atoms with E-state index in [2.05, 4.69) is 29.1 Å². The van der Waals surface area contributed by atoms with Crippen LogP contribution in [-0.4, -0.2) is 32.0 Å². The van der Waals surface area contributed by atoms with E-state index in [-0.39, 0.29) is 12.5 Å². The number of allylic oxidation sites excluding steroid dienone is 1. The molecule has 0 heterocycles. The molecule has 0 aliphatic rings. The molecule has 5 heteroatoms. The van der Waals surface area contributed by atoms with Gasteiger partial charge in [-0.2, -0.15) is 0 Å². The fraction of sp³-hybridized carbons (Fsp3) is 0.538. The molecule has 5 nitrogen and oxygen atoms in total. The second-order valence-corrected chi connectivity index (χ2v) is 4.38. The third-order valence-electron chi connectivity index (χ3n) is 2.41. The summed E-state index contributed by atoms with van der Waals surface area (Å²) >= 11 is 0. The summed E-state index contributed by atoms with van der Waals surface area (Å²) in [5.74, 6) is 0.212. The molecule has 0 aromatic rings. The SMILES string of the molecule is C=C(CCNC=O)CNC(=O)CNC(=C)C(C)C. The number of carbonyl (C=O) groups excluding carboxylic acids is 2. The van der Waals surface area contributed by atoms with E-state index in [0.29, 0.717) is 31.8 Å². The van der Waals surface area contributed by atoms with E-state index in [0.717, 1.165) is 11.3 Å². The van der Waals surface area contributed by atoms with Crippen molar-refractivity contribution in [2.24, 2.45) is 5.92 Å². The van der Waals surface area contributed by atoms with Gasteiger partial charge in [-0.25, -0.2) is 0 Å². The fourth-order valence-corrected chi connectivity index (χ4v) is 1.08. The second kappa shape index (κ2) is 9.27. The molecule has 0 radical (unpaired) electrons. The summed E-state index contributed by atoms with van der Waals surface area (Å²) in [5.41, 5.74) is 1.72. The Hall–Kier alpha value is -1.78. The first-order chi connectivity index (χ1) is 8.47. The van der Waals surface area contributed by atoms with E-state index in [1.807, 2.05) is 13.8 Å². The number of nitrogens with one attached hydrogen (secondary N) is 3. The van der Waals surface area contributed by atoms with Gasteiger partial charge in [-0.1, -0.05) is 32.6 Å². The van der Waals surface area contributed by atoms with Crippen LogP contribution in [0.2, 0.25) is 0 Å². The maximum atomic E-state index is 11.5. The maximum absolute atomic E-state index is 11.5. The van der Waals surface area contributed by atoms with E-state index < -0.39 is 0 Å². The Morgan fingerprint density at radius 3 is 2.44 bits per heavy atom. The molecule has 0 fully saturated rings. The van der Waals surface area contributed by atoms with E-state index in [1.165, 1.54) is 0 Å². The summed E-state index contributed by atoms with van der Waals surface area (Å²) in [6.07, 6.45) is 1.30. The van der Waals surface area contributed by atoms with Crippen LogP contribution in [0, 0.1) is 5.92 Å². The highest BCUT2D eigenvalue weighted by molar-refractivity contribution is 5.78. The molecule has 0 saturated heterocycles. The first-order valence-electron chi connectivity index (χ1n) is 6.00. The Morgan fingerprint density at radius 2 is 1.89 bits per heavy atom. The molecule has 0 aliphatic heterocycles. The van der Waals surface area contributed by atoms with E-state index in [1.54, 1.807) is 0 Å². The van der Waals surface area contributed by atoms with Crippen LogP contribution in [0.15, 0.2) is 24.4 Å². The molecule has 0 rings (SSSR count). The highest BCUT2D eigenvalue weighted by Crippen LogP contribution is 2.01. The van der Waals surface area contributed by atoms with Gasteiger partial charge >= 0.3 is 0 Å². The van der Waals surface area contributed by atoms with E-state index in [9.17, 15) is 9.59 Å². The molecule has 3 N–H and O–H groups in total. The molecule has 0 aliphatic carbocycles. The average molecular weight is 253 g/mol. The summed E-state index contributed by atoms with van der Waals surface area (Å²) < 4.78 is 0. The van der Waals surface area contributed by atoms with Crippen LogP contribution >= 0.6 is 0 Å². The standard InChI is InChI=1S/C13H23N3O2/c1-10(2)12(4)15-8-13(18)16-7-11(3)5-6-14-9-17/h9-10,15H,3-8H2,1-2H3,(H,14,17)(H,16,18). The van der Waals surface area contributed by atoms with Crippen molar-refractivity contribution in [1.29, 1.82) is 0 Å². The molecule has 0 atom stereocenters.